The Morgan fingerprint density at radius 2 is 2.11 bits per heavy atom. The summed E-state index contributed by atoms with van der Waals surface area (Å²) in [5.74, 6) is 1.01. The van der Waals surface area contributed by atoms with Crippen LogP contribution < -0.4 is 5.32 Å². The van der Waals surface area contributed by atoms with E-state index < -0.39 is 0 Å². The fourth-order valence-corrected chi connectivity index (χ4v) is 3.23. The van der Waals surface area contributed by atoms with Crippen molar-refractivity contribution >= 4 is 5.91 Å². The second-order valence-electron chi connectivity index (χ2n) is 6.11. The number of likely N-dealkylation sites (N-methyl/N-ethyl adjacent to an activating group) is 1. The molecule has 1 amide bonds. The van der Waals surface area contributed by atoms with Gasteiger partial charge in [-0.1, -0.05) is 13.3 Å². The molecule has 0 radical (unpaired) electrons. The van der Waals surface area contributed by atoms with Crippen molar-refractivity contribution < 1.29 is 4.79 Å². The van der Waals surface area contributed by atoms with Gasteiger partial charge in [-0.3, -0.25) is 4.79 Å². The van der Waals surface area contributed by atoms with Crippen LogP contribution in [-0.2, 0) is 4.79 Å². The summed E-state index contributed by atoms with van der Waals surface area (Å²) >= 11 is 0. The van der Waals surface area contributed by atoms with Crippen molar-refractivity contribution in [3.63, 3.8) is 0 Å². The number of carbonyl (C=O) groups excluding carboxylic acids is 1. The van der Waals surface area contributed by atoms with Gasteiger partial charge in [0.1, 0.15) is 0 Å². The first-order valence-electron chi connectivity index (χ1n) is 7.91. The summed E-state index contributed by atoms with van der Waals surface area (Å²) in [6, 6.07) is 0.0577. The fourth-order valence-electron chi connectivity index (χ4n) is 3.23. The lowest BCUT2D eigenvalue weighted by Crippen LogP contribution is -2.50. The van der Waals surface area contributed by atoms with Gasteiger partial charge in [-0.15, -0.1) is 0 Å². The predicted molar refractivity (Wildman–Crippen MR) is 78.1 cm³/mol. The second-order valence-corrected chi connectivity index (χ2v) is 6.11. The smallest absolute Gasteiger partial charge is 0.239 e. The van der Waals surface area contributed by atoms with Crippen LogP contribution >= 0.6 is 0 Å². The molecule has 110 valence electrons. The molecule has 0 aliphatic carbocycles. The van der Waals surface area contributed by atoms with E-state index in [1.807, 2.05) is 11.9 Å². The standard InChI is InChI=1S/C15H29N3O/c1-3-13-6-7-16-14(12-13)15(19)17(2)10-11-18-8-4-5-9-18/h13-14,16H,3-12H2,1-2H3. The third-order valence-electron chi connectivity index (χ3n) is 4.71. The number of piperidine rings is 1. The number of nitrogens with one attached hydrogen (secondary N) is 1. The zero-order valence-electron chi connectivity index (χ0n) is 12.5. The van der Waals surface area contributed by atoms with E-state index in [1.54, 1.807) is 0 Å². The van der Waals surface area contributed by atoms with Crippen molar-refractivity contribution in [2.45, 2.75) is 45.1 Å². The molecule has 1 N–H and O–H groups in total. The number of hydrogen-bond acceptors (Lipinski definition) is 3. The minimum atomic E-state index is 0.0577. The van der Waals surface area contributed by atoms with Crippen LogP contribution in [0.1, 0.15) is 39.0 Å². The number of likely N-dealkylation sites (tertiary alicyclic amines) is 1. The first kappa shape index (κ1) is 14.8. The highest BCUT2D eigenvalue weighted by atomic mass is 16.2. The first-order chi connectivity index (χ1) is 9.20. The average molecular weight is 267 g/mol. The van der Waals surface area contributed by atoms with Gasteiger partial charge in [0, 0.05) is 20.1 Å². The van der Waals surface area contributed by atoms with Gasteiger partial charge in [0.25, 0.3) is 0 Å². The molecule has 4 heteroatoms. The normalized spacial score (nSPS) is 28.5. The van der Waals surface area contributed by atoms with Gasteiger partial charge in [0.05, 0.1) is 6.04 Å². The van der Waals surface area contributed by atoms with E-state index in [9.17, 15) is 4.79 Å². The highest BCUT2D eigenvalue weighted by Crippen LogP contribution is 2.20. The van der Waals surface area contributed by atoms with Crippen molar-refractivity contribution in [2.24, 2.45) is 5.92 Å². The van der Waals surface area contributed by atoms with E-state index in [0.717, 1.165) is 32.0 Å². The maximum Gasteiger partial charge on any atom is 0.239 e. The number of nitrogens with zero attached hydrogens (tertiary/aromatic N) is 2. The van der Waals surface area contributed by atoms with Gasteiger partial charge in [0.2, 0.25) is 5.91 Å². The van der Waals surface area contributed by atoms with Crippen LogP contribution in [0.2, 0.25) is 0 Å². The molecule has 0 spiro atoms. The number of hydrogen-bond donors (Lipinski definition) is 1. The zero-order valence-corrected chi connectivity index (χ0v) is 12.5. The van der Waals surface area contributed by atoms with Gasteiger partial charge >= 0.3 is 0 Å². The number of rotatable bonds is 5. The van der Waals surface area contributed by atoms with E-state index in [2.05, 4.69) is 17.1 Å². The minimum absolute atomic E-state index is 0.0577. The first-order valence-corrected chi connectivity index (χ1v) is 7.91. The molecule has 0 aromatic heterocycles. The number of carbonyl (C=O) groups is 1. The summed E-state index contributed by atoms with van der Waals surface area (Å²) in [5.41, 5.74) is 0. The van der Waals surface area contributed by atoms with E-state index in [0.29, 0.717) is 0 Å². The highest BCUT2D eigenvalue weighted by Gasteiger charge is 2.28. The van der Waals surface area contributed by atoms with Gasteiger partial charge in [-0.25, -0.2) is 0 Å². The summed E-state index contributed by atoms with van der Waals surface area (Å²) in [6.45, 7) is 7.55. The van der Waals surface area contributed by atoms with E-state index in [1.165, 1.54) is 38.8 Å². The molecule has 2 aliphatic heterocycles. The lowest BCUT2D eigenvalue weighted by molar-refractivity contribution is -0.133. The molecule has 19 heavy (non-hydrogen) atoms. The molecule has 2 rings (SSSR count). The van der Waals surface area contributed by atoms with Crippen molar-refractivity contribution in [1.29, 1.82) is 0 Å². The molecule has 2 aliphatic rings. The van der Waals surface area contributed by atoms with Gasteiger partial charge in [0.15, 0.2) is 0 Å². The topological polar surface area (TPSA) is 35.6 Å². The van der Waals surface area contributed by atoms with E-state index >= 15 is 0 Å². The van der Waals surface area contributed by atoms with Crippen molar-refractivity contribution in [3.8, 4) is 0 Å². The van der Waals surface area contributed by atoms with Crippen LogP contribution in [0.25, 0.3) is 0 Å². The van der Waals surface area contributed by atoms with E-state index in [4.69, 9.17) is 0 Å². The van der Waals surface area contributed by atoms with Crippen LogP contribution in [0.4, 0.5) is 0 Å². The molecule has 2 saturated heterocycles. The summed E-state index contributed by atoms with van der Waals surface area (Å²) in [5, 5.41) is 3.39. The minimum Gasteiger partial charge on any atom is -0.343 e. The Labute approximate surface area is 117 Å². The molecule has 0 saturated carbocycles. The maximum absolute atomic E-state index is 12.4. The van der Waals surface area contributed by atoms with Gasteiger partial charge in [-0.2, -0.15) is 0 Å². The Bertz CT molecular complexity index is 289. The summed E-state index contributed by atoms with van der Waals surface area (Å²) in [6.07, 6.45) is 6.07. The highest BCUT2D eigenvalue weighted by molar-refractivity contribution is 5.81. The van der Waals surface area contributed by atoms with E-state index in [-0.39, 0.29) is 11.9 Å². The summed E-state index contributed by atoms with van der Waals surface area (Å²) in [4.78, 5) is 16.8. The molecular formula is C15H29N3O. The SMILES string of the molecule is CCC1CCNC(C(=O)N(C)CCN2CCCC2)C1. The van der Waals surface area contributed by atoms with Gasteiger partial charge in [-0.05, 0) is 51.2 Å². The Morgan fingerprint density at radius 1 is 1.37 bits per heavy atom. The maximum atomic E-state index is 12.4. The lowest BCUT2D eigenvalue weighted by atomic mass is 9.90. The van der Waals surface area contributed by atoms with Crippen LogP contribution in [0, 0.1) is 5.92 Å². The van der Waals surface area contributed by atoms with Crippen molar-refractivity contribution in [1.82, 2.24) is 15.1 Å². The number of amides is 1. The third-order valence-corrected chi connectivity index (χ3v) is 4.71. The predicted octanol–water partition coefficient (Wildman–Crippen LogP) is 1.32. The van der Waals surface area contributed by atoms with Crippen LogP contribution in [0.5, 0.6) is 0 Å². The quantitative estimate of drug-likeness (QED) is 0.816. The van der Waals surface area contributed by atoms with Crippen molar-refractivity contribution in [3.05, 3.63) is 0 Å². The third kappa shape index (κ3) is 4.18. The molecule has 0 aromatic carbocycles. The molecular weight excluding hydrogens is 238 g/mol. The van der Waals surface area contributed by atoms with Crippen LogP contribution in [0.15, 0.2) is 0 Å². The molecule has 2 atom stereocenters. The van der Waals surface area contributed by atoms with Gasteiger partial charge < -0.3 is 15.1 Å². The Balaban J connectivity index is 1.74. The zero-order chi connectivity index (χ0) is 13.7. The second kappa shape index (κ2) is 7.25. The Morgan fingerprint density at radius 3 is 2.79 bits per heavy atom. The molecule has 2 heterocycles. The monoisotopic (exact) mass is 267 g/mol. The van der Waals surface area contributed by atoms with Crippen LogP contribution in [0.3, 0.4) is 0 Å². The van der Waals surface area contributed by atoms with Crippen LogP contribution in [-0.4, -0.2) is 61.5 Å². The Kier molecular flexibility index (Phi) is 5.64. The molecule has 4 nitrogen and oxygen atoms in total. The molecule has 2 fully saturated rings. The fraction of sp³-hybridized carbons (Fsp3) is 0.933. The molecule has 0 bridgehead atoms. The van der Waals surface area contributed by atoms with Crippen molar-refractivity contribution in [2.75, 3.05) is 39.8 Å². The Hall–Kier alpha value is -0.610. The summed E-state index contributed by atoms with van der Waals surface area (Å²) in [7, 11) is 1.95. The lowest BCUT2D eigenvalue weighted by Gasteiger charge is -2.32. The summed E-state index contributed by atoms with van der Waals surface area (Å²) < 4.78 is 0. The molecule has 2 unspecified atom stereocenters. The largest absolute Gasteiger partial charge is 0.343 e. The molecule has 0 aromatic rings. The average Bonchev–Trinajstić information content (AvgIpc) is 2.97.